The minimum absolute atomic E-state index is 0.159. The number of morpholine rings is 1. The van der Waals surface area contributed by atoms with Crippen LogP contribution in [0.3, 0.4) is 0 Å². The molecule has 0 aliphatic carbocycles. The van der Waals surface area contributed by atoms with E-state index in [9.17, 15) is 4.79 Å². The van der Waals surface area contributed by atoms with Crippen LogP contribution >= 0.6 is 0 Å². The maximum absolute atomic E-state index is 12.1. The van der Waals surface area contributed by atoms with Crippen LogP contribution in [0.2, 0.25) is 0 Å². The van der Waals surface area contributed by atoms with Crippen LogP contribution < -0.4 is 11.1 Å². The van der Waals surface area contributed by atoms with Crippen molar-refractivity contribution in [2.75, 3.05) is 13.1 Å². The Bertz CT molecular complexity index is 716. The maximum Gasteiger partial charge on any atom is 0.254 e. The van der Waals surface area contributed by atoms with E-state index < -0.39 is 0 Å². The van der Waals surface area contributed by atoms with Gasteiger partial charge in [-0.2, -0.15) is 0 Å². The van der Waals surface area contributed by atoms with Gasteiger partial charge in [-0.1, -0.05) is 24.3 Å². The molecule has 1 amide bonds. The van der Waals surface area contributed by atoms with Gasteiger partial charge in [-0.3, -0.25) is 9.69 Å². The van der Waals surface area contributed by atoms with Crippen LogP contribution in [0, 0.1) is 0 Å². The molecule has 0 saturated carbocycles. The average Bonchev–Trinajstić information content (AvgIpc) is 3.09. The molecule has 2 unspecified atom stereocenters. The van der Waals surface area contributed by atoms with Crippen LogP contribution in [0.25, 0.3) is 0 Å². The first kappa shape index (κ1) is 18.6. The Labute approximate surface area is 154 Å². The zero-order valence-electron chi connectivity index (χ0n) is 15.4. The largest absolute Gasteiger partial charge is 0.467 e. The molecule has 3 rings (SSSR count). The fourth-order valence-electron chi connectivity index (χ4n) is 3.33. The average molecular weight is 357 g/mol. The third-order valence-corrected chi connectivity index (χ3v) is 4.49. The van der Waals surface area contributed by atoms with E-state index in [0.717, 1.165) is 25.2 Å². The summed E-state index contributed by atoms with van der Waals surface area (Å²) < 4.78 is 11.0. The molecular weight excluding hydrogens is 330 g/mol. The molecule has 2 heterocycles. The standard InChI is InChI=1S/C20H27N3O3/c1-14-10-23(11-15(2)26-14)12-17-5-3-16(4-6-17)9-22-20(24)18-7-19(8-21)25-13-18/h3-7,13-15H,8-12,21H2,1-2H3,(H,22,24). The van der Waals surface area contributed by atoms with Gasteiger partial charge in [0, 0.05) is 26.2 Å². The van der Waals surface area contributed by atoms with E-state index in [4.69, 9.17) is 14.9 Å². The Balaban J connectivity index is 1.50. The molecule has 6 heteroatoms. The van der Waals surface area contributed by atoms with Crippen molar-refractivity contribution < 1.29 is 13.9 Å². The van der Waals surface area contributed by atoms with Crippen molar-refractivity contribution >= 4 is 5.91 Å². The third-order valence-electron chi connectivity index (χ3n) is 4.49. The van der Waals surface area contributed by atoms with Crippen molar-refractivity contribution in [3.63, 3.8) is 0 Å². The summed E-state index contributed by atoms with van der Waals surface area (Å²) >= 11 is 0. The Morgan fingerprint density at radius 3 is 2.46 bits per heavy atom. The van der Waals surface area contributed by atoms with Gasteiger partial charge >= 0.3 is 0 Å². The van der Waals surface area contributed by atoms with E-state index in [1.807, 2.05) is 0 Å². The summed E-state index contributed by atoms with van der Waals surface area (Å²) in [7, 11) is 0. The fourth-order valence-corrected chi connectivity index (χ4v) is 3.33. The summed E-state index contributed by atoms with van der Waals surface area (Å²) in [4.78, 5) is 14.5. The van der Waals surface area contributed by atoms with Crippen molar-refractivity contribution in [2.24, 2.45) is 5.73 Å². The van der Waals surface area contributed by atoms with E-state index in [-0.39, 0.29) is 24.7 Å². The van der Waals surface area contributed by atoms with Crippen molar-refractivity contribution in [2.45, 2.75) is 45.7 Å². The van der Waals surface area contributed by atoms with E-state index in [0.29, 0.717) is 17.9 Å². The lowest BCUT2D eigenvalue weighted by Gasteiger charge is -2.35. The van der Waals surface area contributed by atoms with Crippen LogP contribution in [-0.2, 0) is 24.4 Å². The number of ether oxygens (including phenoxy) is 1. The number of hydrogen-bond donors (Lipinski definition) is 2. The summed E-state index contributed by atoms with van der Waals surface area (Å²) in [5.74, 6) is 0.445. The molecule has 1 fully saturated rings. The summed E-state index contributed by atoms with van der Waals surface area (Å²) in [6.07, 6.45) is 1.98. The molecule has 0 radical (unpaired) electrons. The van der Waals surface area contributed by atoms with Crippen LogP contribution in [0.15, 0.2) is 41.0 Å². The highest BCUT2D eigenvalue weighted by molar-refractivity contribution is 5.93. The number of nitrogens with zero attached hydrogens (tertiary/aromatic N) is 1. The second-order valence-corrected chi connectivity index (χ2v) is 6.96. The number of carbonyl (C=O) groups excluding carboxylic acids is 1. The highest BCUT2D eigenvalue weighted by Gasteiger charge is 2.21. The molecule has 0 spiro atoms. The second-order valence-electron chi connectivity index (χ2n) is 6.96. The molecule has 0 bridgehead atoms. The van der Waals surface area contributed by atoms with Gasteiger partial charge in [0.1, 0.15) is 12.0 Å². The van der Waals surface area contributed by atoms with E-state index in [1.165, 1.54) is 11.8 Å². The van der Waals surface area contributed by atoms with E-state index in [2.05, 4.69) is 48.3 Å². The Kier molecular flexibility index (Phi) is 6.08. The lowest BCUT2D eigenvalue weighted by Crippen LogP contribution is -2.44. The molecule has 1 aliphatic rings. The molecule has 140 valence electrons. The first-order valence-electron chi connectivity index (χ1n) is 9.05. The number of nitrogens with two attached hydrogens (primary N) is 1. The van der Waals surface area contributed by atoms with E-state index >= 15 is 0 Å². The quantitative estimate of drug-likeness (QED) is 0.829. The summed E-state index contributed by atoms with van der Waals surface area (Å²) in [5.41, 5.74) is 8.32. The molecule has 26 heavy (non-hydrogen) atoms. The fraction of sp³-hybridized carbons (Fsp3) is 0.450. The Morgan fingerprint density at radius 1 is 1.19 bits per heavy atom. The number of carbonyl (C=O) groups is 1. The Morgan fingerprint density at radius 2 is 1.85 bits per heavy atom. The van der Waals surface area contributed by atoms with Gasteiger partial charge in [-0.05, 0) is 31.0 Å². The lowest BCUT2D eigenvalue weighted by atomic mass is 10.1. The molecule has 1 aliphatic heterocycles. The van der Waals surface area contributed by atoms with Gasteiger partial charge < -0.3 is 20.2 Å². The summed E-state index contributed by atoms with van der Waals surface area (Å²) in [6.45, 7) is 7.83. The topological polar surface area (TPSA) is 80.7 Å². The number of hydrogen-bond acceptors (Lipinski definition) is 5. The van der Waals surface area contributed by atoms with E-state index in [1.54, 1.807) is 6.07 Å². The predicted molar refractivity (Wildman–Crippen MR) is 99.5 cm³/mol. The molecule has 2 aromatic rings. The number of nitrogens with one attached hydrogen (secondary N) is 1. The number of rotatable bonds is 6. The van der Waals surface area contributed by atoms with Gasteiger partial charge in [0.25, 0.3) is 5.91 Å². The normalized spacial score (nSPS) is 20.9. The van der Waals surface area contributed by atoms with Crippen molar-refractivity contribution in [1.29, 1.82) is 0 Å². The maximum atomic E-state index is 12.1. The molecule has 2 atom stereocenters. The van der Waals surface area contributed by atoms with Gasteiger partial charge in [0.05, 0.1) is 24.3 Å². The lowest BCUT2D eigenvalue weighted by molar-refractivity contribution is -0.0704. The highest BCUT2D eigenvalue weighted by Crippen LogP contribution is 2.15. The summed E-state index contributed by atoms with van der Waals surface area (Å²) in [5, 5.41) is 2.90. The molecule has 1 aromatic heterocycles. The number of furan rings is 1. The smallest absolute Gasteiger partial charge is 0.254 e. The zero-order valence-corrected chi connectivity index (χ0v) is 15.4. The molecule has 1 saturated heterocycles. The number of amides is 1. The highest BCUT2D eigenvalue weighted by atomic mass is 16.5. The SMILES string of the molecule is CC1CN(Cc2ccc(CNC(=O)c3coc(CN)c3)cc2)CC(C)O1. The Hall–Kier alpha value is -2.15. The third kappa shape index (κ3) is 4.94. The monoisotopic (exact) mass is 357 g/mol. The predicted octanol–water partition coefficient (Wildman–Crippen LogP) is 2.28. The van der Waals surface area contributed by atoms with Crippen LogP contribution in [0.5, 0.6) is 0 Å². The molecule has 1 aromatic carbocycles. The van der Waals surface area contributed by atoms with Gasteiger partial charge in [0.2, 0.25) is 0 Å². The zero-order chi connectivity index (χ0) is 18.5. The second kappa shape index (κ2) is 8.49. The first-order chi connectivity index (χ1) is 12.5. The van der Waals surface area contributed by atoms with Gasteiger partial charge in [-0.25, -0.2) is 0 Å². The molecular formula is C20H27N3O3. The van der Waals surface area contributed by atoms with Crippen LogP contribution in [0.4, 0.5) is 0 Å². The van der Waals surface area contributed by atoms with Crippen molar-refractivity contribution in [3.8, 4) is 0 Å². The molecule has 3 N–H and O–H groups in total. The van der Waals surface area contributed by atoms with Gasteiger partial charge in [-0.15, -0.1) is 0 Å². The first-order valence-corrected chi connectivity index (χ1v) is 9.05. The van der Waals surface area contributed by atoms with Crippen molar-refractivity contribution in [3.05, 3.63) is 59.0 Å². The van der Waals surface area contributed by atoms with Gasteiger partial charge in [0.15, 0.2) is 0 Å². The number of benzene rings is 1. The summed E-state index contributed by atoms with van der Waals surface area (Å²) in [6, 6.07) is 10.0. The van der Waals surface area contributed by atoms with Crippen molar-refractivity contribution in [1.82, 2.24) is 10.2 Å². The van der Waals surface area contributed by atoms with Crippen LogP contribution in [0.1, 0.15) is 41.1 Å². The minimum Gasteiger partial charge on any atom is -0.467 e. The minimum atomic E-state index is -0.159. The molecule has 6 nitrogen and oxygen atoms in total. The van der Waals surface area contributed by atoms with Crippen LogP contribution in [-0.4, -0.2) is 36.1 Å².